The third-order valence-electron chi connectivity index (χ3n) is 2.46. The van der Waals surface area contributed by atoms with Crippen molar-refractivity contribution in [3.8, 4) is 5.69 Å². The van der Waals surface area contributed by atoms with Crippen molar-refractivity contribution in [2.75, 3.05) is 7.05 Å². The molecule has 1 aromatic carbocycles. The summed E-state index contributed by atoms with van der Waals surface area (Å²) < 4.78 is 38.7. The molecule has 0 bridgehead atoms. The van der Waals surface area contributed by atoms with Crippen LogP contribution in [0.3, 0.4) is 0 Å². The molecule has 3 nitrogen and oxygen atoms in total. The summed E-state index contributed by atoms with van der Waals surface area (Å²) in [7, 11) is 1.80. The molecule has 6 heteroatoms. The molecule has 0 saturated carbocycles. The average Bonchev–Trinajstić information content (AvgIpc) is 2.77. The van der Waals surface area contributed by atoms with Crippen molar-refractivity contribution in [1.82, 2.24) is 15.1 Å². The molecule has 1 heterocycles. The van der Waals surface area contributed by atoms with Gasteiger partial charge >= 0.3 is 6.18 Å². The van der Waals surface area contributed by atoms with Crippen LogP contribution in [-0.4, -0.2) is 16.8 Å². The Morgan fingerprint density at radius 3 is 2.39 bits per heavy atom. The average molecular weight is 255 g/mol. The molecule has 0 unspecified atom stereocenters. The predicted molar refractivity (Wildman–Crippen MR) is 61.3 cm³/mol. The molecule has 0 radical (unpaired) electrons. The van der Waals surface area contributed by atoms with E-state index in [-0.39, 0.29) is 0 Å². The predicted octanol–water partition coefficient (Wildman–Crippen LogP) is 2.61. The summed E-state index contributed by atoms with van der Waals surface area (Å²) in [4.78, 5) is 0. The lowest BCUT2D eigenvalue weighted by Crippen LogP contribution is -2.07. The largest absolute Gasteiger partial charge is 0.416 e. The maximum Gasteiger partial charge on any atom is 0.416 e. The van der Waals surface area contributed by atoms with Crippen LogP contribution in [0.5, 0.6) is 0 Å². The maximum absolute atomic E-state index is 12.4. The topological polar surface area (TPSA) is 29.9 Å². The number of alkyl halides is 3. The summed E-state index contributed by atoms with van der Waals surface area (Å²) in [5.74, 6) is 0. The molecule has 0 amide bonds. The Morgan fingerprint density at radius 1 is 1.17 bits per heavy atom. The lowest BCUT2D eigenvalue weighted by atomic mass is 10.2. The Kier molecular flexibility index (Phi) is 3.38. The van der Waals surface area contributed by atoms with Crippen molar-refractivity contribution >= 4 is 0 Å². The summed E-state index contributed by atoms with van der Waals surface area (Å²) >= 11 is 0. The van der Waals surface area contributed by atoms with E-state index in [4.69, 9.17) is 0 Å². The van der Waals surface area contributed by atoms with E-state index in [1.807, 2.05) is 6.07 Å². The number of nitrogens with one attached hydrogen (secondary N) is 1. The highest BCUT2D eigenvalue weighted by Crippen LogP contribution is 2.29. The summed E-state index contributed by atoms with van der Waals surface area (Å²) in [6.45, 7) is 0.619. The molecule has 2 rings (SSSR count). The molecule has 0 atom stereocenters. The fraction of sp³-hybridized carbons (Fsp3) is 0.250. The van der Waals surface area contributed by atoms with Gasteiger partial charge in [0.05, 0.1) is 16.9 Å². The van der Waals surface area contributed by atoms with Gasteiger partial charge in [0.1, 0.15) is 0 Å². The van der Waals surface area contributed by atoms with E-state index in [2.05, 4.69) is 10.4 Å². The molecule has 0 aliphatic rings. The molecule has 1 aromatic heterocycles. The molecule has 0 fully saturated rings. The van der Waals surface area contributed by atoms with E-state index < -0.39 is 11.7 Å². The van der Waals surface area contributed by atoms with Gasteiger partial charge in [0.15, 0.2) is 0 Å². The lowest BCUT2D eigenvalue weighted by Gasteiger charge is -2.07. The van der Waals surface area contributed by atoms with Crippen LogP contribution >= 0.6 is 0 Å². The van der Waals surface area contributed by atoms with Crippen LogP contribution in [0.1, 0.15) is 11.3 Å². The van der Waals surface area contributed by atoms with Crippen LogP contribution in [0.2, 0.25) is 0 Å². The minimum atomic E-state index is -4.31. The zero-order chi connectivity index (χ0) is 13.2. The summed E-state index contributed by atoms with van der Waals surface area (Å²) in [6.07, 6.45) is -2.59. The maximum atomic E-state index is 12.4. The standard InChI is InChI=1S/C12H12F3N3/c1-16-8-10-6-7-18(17-10)11-4-2-9(3-5-11)12(13,14)15/h2-7,16H,8H2,1H3. The normalized spacial score (nSPS) is 11.8. The van der Waals surface area contributed by atoms with Crippen LogP contribution in [0.15, 0.2) is 36.5 Å². The number of halogens is 3. The molecule has 2 aromatic rings. The molecular formula is C12H12F3N3. The van der Waals surface area contributed by atoms with Crippen LogP contribution in [-0.2, 0) is 12.7 Å². The van der Waals surface area contributed by atoms with Crippen molar-refractivity contribution in [3.05, 3.63) is 47.8 Å². The van der Waals surface area contributed by atoms with Gasteiger partial charge < -0.3 is 5.32 Å². The Balaban J connectivity index is 2.23. The third kappa shape index (κ3) is 2.70. The summed E-state index contributed by atoms with van der Waals surface area (Å²) in [5.41, 5.74) is 0.775. The van der Waals surface area contributed by atoms with Gasteiger partial charge in [-0.2, -0.15) is 18.3 Å². The van der Waals surface area contributed by atoms with Gasteiger partial charge in [-0.25, -0.2) is 4.68 Å². The van der Waals surface area contributed by atoms with E-state index in [0.29, 0.717) is 12.2 Å². The number of nitrogens with zero attached hydrogens (tertiary/aromatic N) is 2. The zero-order valence-corrected chi connectivity index (χ0v) is 9.70. The van der Waals surface area contributed by atoms with Gasteiger partial charge in [0.2, 0.25) is 0 Å². The Bertz CT molecular complexity index is 514. The zero-order valence-electron chi connectivity index (χ0n) is 9.70. The highest BCUT2D eigenvalue weighted by Gasteiger charge is 2.29. The molecule has 0 saturated heterocycles. The number of aromatic nitrogens is 2. The first kappa shape index (κ1) is 12.6. The quantitative estimate of drug-likeness (QED) is 0.913. The van der Waals surface area contributed by atoms with Crippen LogP contribution in [0.25, 0.3) is 5.69 Å². The van der Waals surface area contributed by atoms with Crippen molar-refractivity contribution in [3.63, 3.8) is 0 Å². The SMILES string of the molecule is CNCc1ccn(-c2ccc(C(F)(F)F)cc2)n1. The highest BCUT2D eigenvalue weighted by atomic mass is 19.4. The molecule has 1 N–H and O–H groups in total. The number of benzene rings is 1. The first-order chi connectivity index (χ1) is 8.50. The highest BCUT2D eigenvalue weighted by molar-refractivity contribution is 5.35. The fourth-order valence-corrected chi connectivity index (χ4v) is 1.58. The second-order valence-corrected chi connectivity index (χ2v) is 3.83. The molecule has 0 spiro atoms. The van der Waals surface area contributed by atoms with Gasteiger partial charge in [-0.3, -0.25) is 0 Å². The Hall–Kier alpha value is -1.82. The molecule has 18 heavy (non-hydrogen) atoms. The van der Waals surface area contributed by atoms with E-state index >= 15 is 0 Å². The van der Waals surface area contributed by atoms with Crippen LogP contribution in [0.4, 0.5) is 13.2 Å². The fourth-order valence-electron chi connectivity index (χ4n) is 1.58. The van der Waals surface area contributed by atoms with Crippen molar-refractivity contribution in [1.29, 1.82) is 0 Å². The van der Waals surface area contributed by atoms with Crippen LogP contribution in [0, 0.1) is 0 Å². The Morgan fingerprint density at radius 2 is 1.83 bits per heavy atom. The molecule has 0 aliphatic heterocycles. The second kappa shape index (κ2) is 4.81. The first-order valence-electron chi connectivity index (χ1n) is 5.37. The van der Waals surface area contributed by atoms with E-state index in [1.54, 1.807) is 17.9 Å². The summed E-state index contributed by atoms with van der Waals surface area (Å²) in [6, 6.07) is 6.72. The smallest absolute Gasteiger partial charge is 0.314 e. The van der Waals surface area contributed by atoms with E-state index in [9.17, 15) is 13.2 Å². The van der Waals surface area contributed by atoms with Gasteiger partial charge in [-0.15, -0.1) is 0 Å². The number of hydrogen-bond acceptors (Lipinski definition) is 2. The Labute approximate surface area is 102 Å². The monoisotopic (exact) mass is 255 g/mol. The molecule has 0 aliphatic carbocycles. The molecule has 96 valence electrons. The van der Waals surface area contributed by atoms with E-state index in [0.717, 1.165) is 17.8 Å². The van der Waals surface area contributed by atoms with Gasteiger partial charge in [0, 0.05) is 12.7 Å². The summed E-state index contributed by atoms with van der Waals surface area (Å²) in [5, 5.41) is 7.19. The van der Waals surface area contributed by atoms with Crippen LogP contribution < -0.4 is 5.32 Å². The number of hydrogen-bond donors (Lipinski definition) is 1. The third-order valence-corrected chi connectivity index (χ3v) is 2.46. The van der Waals surface area contributed by atoms with Crippen molar-refractivity contribution in [2.45, 2.75) is 12.7 Å². The lowest BCUT2D eigenvalue weighted by molar-refractivity contribution is -0.137. The minimum absolute atomic E-state index is 0.602. The van der Waals surface area contributed by atoms with Crippen molar-refractivity contribution in [2.24, 2.45) is 0 Å². The van der Waals surface area contributed by atoms with Gasteiger partial charge in [-0.05, 0) is 37.4 Å². The first-order valence-corrected chi connectivity index (χ1v) is 5.37. The second-order valence-electron chi connectivity index (χ2n) is 3.83. The van der Waals surface area contributed by atoms with Gasteiger partial charge in [0.25, 0.3) is 0 Å². The van der Waals surface area contributed by atoms with Crippen molar-refractivity contribution < 1.29 is 13.2 Å². The van der Waals surface area contributed by atoms with Gasteiger partial charge in [-0.1, -0.05) is 0 Å². The molecular weight excluding hydrogens is 243 g/mol. The van der Waals surface area contributed by atoms with E-state index in [1.165, 1.54) is 12.1 Å². The number of rotatable bonds is 3. The minimum Gasteiger partial charge on any atom is -0.314 e.